The first-order valence-electron chi connectivity index (χ1n) is 5.70. The summed E-state index contributed by atoms with van der Waals surface area (Å²) in [6, 6.07) is 4.31. The van der Waals surface area contributed by atoms with Crippen LogP contribution in [0, 0.1) is 0 Å². The van der Waals surface area contributed by atoms with Gasteiger partial charge in [0.2, 0.25) is 5.91 Å². The molecular formula is C12H10ClF3N4O. The van der Waals surface area contributed by atoms with Crippen molar-refractivity contribution in [3.05, 3.63) is 41.0 Å². The number of nitrogens with one attached hydrogen (secondary N) is 1. The Balaban J connectivity index is 2.12. The molecule has 0 saturated heterocycles. The molecule has 21 heavy (non-hydrogen) atoms. The maximum atomic E-state index is 12.6. The molecule has 2 aromatic rings. The van der Waals surface area contributed by atoms with E-state index in [1.807, 2.05) is 0 Å². The van der Waals surface area contributed by atoms with Crippen LogP contribution in [0.25, 0.3) is 0 Å². The minimum absolute atomic E-state index is 0.0417. The molecule has 1 aromatic carbocycles. The van der Waals surface area contributed by atoms with Crippen molar-refractivity contribution < 1.29 is 18.0 Å². The predicted molar refractivity (Wildman–Crippen MR) is 71.7 cm³/mol. The topological polar surface area (TPSA) is 72.9 Å². The molecule has 2 rings (SSSR count). The highest BCUT2D eigenvalue weighted by Gasteiger charge is 2.31. The van der Waals surface area contributed by atoms with Gasteiger partial charge in [0.05, 0.1) is 5.56 Å². The first-order chi connectivity index (χ1) is 9.74. The van der Waals surface area contributed by atoms with Gasteiger partial charge >= 0.3 is 6.18 Å². The standard InChI is InChI=1S/C12H10ClF3N4O/c13-8-3-7(12(14,15)16)4-9(5-8)18-11(21)6-20-2-1-10(17)19-20/h1-5H,6H2,(H2,17,19)(H,18,21). The van der Waals surface area contributed by atoms with Gasteiger partial charge in [0.25, 0.3) is 0 Å². The van der Waals surface area contributed by atoms with Gasteiger partial charge in [0, 0.05) is 16.9 Å². The molecule has 0 atom stereocenters. The number of carbonyl (C=O) groups excluding carboxylic acids is 1. The van der Waals surface area contributed by atoms with E-state index in [0.29, 0.717) is 0 Å². The molecule has 0 aliphatic rings. The molecule has 0 aliphatic carbocycles. The molecule has 1 amide bonds. The fraction of sp³-hybridized carbons (Fsp3) is 0.167. The largest absolute Gasteiger partial charge is 0.416 e. The molecule has 5 nitrogen and oxygen atoms in total. The number of rotatable bonds is 3. The predicted octanol–water partition coefficient (Wildman–Crippen LogP) is 2.78. The summed E-state index contributed by atoms with van der Waals surface area (Å²) >= 11 is 5.62. The van der Waals surface area contributed by atoms with E-state index in [4.69, 9.17) is 17.3 Å². The second-order valence-corrected chi connectivity index (χ2v) is 4.65. The molecule has 0 spiro atoms. The van der Waals surface area contributed by atoms with Gasteiger partial charge in [0.15, 0.2) is 0 Å². The van der Waals surface area contributed by atoms with Gasteiger partial charge in [-0.1, -0.05) is 11.6 Å². The SMILES string of the molecule is Nc1ccn(CC(=O)Nc2cc(Cl)cc(C(F)(F)F)c2)n1. The zero-order chi connectivity index (χ0) is 15.6. The van der Waals surface area contributed by atoms with E-state index in [1.54, 1.807) is 0 Å². The summed E-state index contributed by atoms with van der Waals surface area (Å²) in [5.74, 6) is -0.307. The lowest BCUT2D eigenvalue weighted by molar-refractivity contribution is -0.137. The normalized spacial score (nSPS) is 11.4. The number of hydrogen-bond donors (Lipinski definition) is 2. The minimum atomic E-state index is -4.54. The van der Waals surface area contributed by atoms with Gasteiger partial charge in [-0.15, -0.1) is 0 Å². The van der Waals surface area contributed by atoms with Gasteiger partial charge in [0.1, 0.15) is 12.4 Å². The highest BCUT2D eigenvalue weighted by molar-refractivity contribution is 6.31. The number of alkyl halides is 3. The van der Waals surface area contributed by atoms with Crippen molar-refractivity contribution in [1.82, 2.24) is 9.78 Å². The quantitative estimate of drug-likeness (QED) is 0.914. The average Bonchev–Trinajstić information content (AvgIpc) is 2.72. The maximum absolute atomic E-state index is 12.6. The number of hydrogen-bond acceptors (Lipinski definition) is 3. The van der Waals surface area contributed by atoms with Crippen LogP contribution in [0.5, 0.6) is 0 Å². The molecule has 3 N–H and O–H groups in total. The molecule has 1 aromatic heterocycles. The van der Waals surface area contributed by atoms with E-state index in [-0.39, 0.29) is 23.1 Å². The fourth-order valence-corrected chi connectivity index (χ4v) is 1.87. The Hall–Kier alpha value is -2.22. The van der Waals surface area contributed by atoms with Crippen molar-refractivity contribution in [3.8, 4) is 0 Å². The Morgan fingerprint density at radius 3 is 2.67 bits per heavy atom. The Kier molecular flexibility index (Phi) is 4.08. The number of halogens is 4. The molecule has 1 heterocycles. The number of nitrogen functional groups attached to an aromatic ring is 1. The first kappa shape index (κ1) is 15.2. The molecular weight excluding hydrogens is 309 g/mol. The van der Waals surface area contributed by atoms with Crippen molar-refractivity contribution in [2.24, 2.45) is 0 Å². The van der Waals surface area contributed by atoms with Gasteiger partial charge < -0.3 is 11.1 Å². The molecule has 9 heteroatoms. The van der Waals surface area contributed by atoms with Gasteiger partial charge in [-0.2, -0.15) is 18.3 Å². The molecule has 0 fully saturated rings. The summed E-state index contributed by atoms with van der Waals surface area (Å²) in [4.78, 5) is 11.7. The van der Waals surface area contributed by atoms with Gasteiger partial charge in [-0.3, -0.25) is 9.48 Å². The van der Waals surface area contributed by atoms with E-state index in [1.165, 1.54) is 23.0 Å². The maximum Gasteiger partial charge on any atom is 0.416 e. The van der Waals surface area contributed by atoms with Crippen LogP contribution < -0.4 is 11.1 Å². The molecule has 0 unspecified atom stereocenters. The number of carbonyl (C=O) groups is 1. The third-order valence-electron chi connectivity index (χ3n) is 2.48. The van der Waals surface area contributed by atoms with Crippen LogP contribution in [-0.4, -0.2) is 15.7 Å². The van der Waals surface area contributed by atoms with Crippen LogP contribution in [0.3, 0.4) is 0 Å². The van der Waals surface area contributed by atoms with Crippen LogP contribution in [-0.2, 0) is 17.5 Å². The number of nitrogens with two attached hydrogens (primary N) is 1. The van der Waals surface area contributed by atoms with Crippen LogP contribution in [0.1, 0.15) is 5.56 Å². The summed E-state index contributed by atoms with van der Waals surface area (Å²) < 4.78 is 39.2. The first-order valence-corrected chi connectivity index (χ1v) is 6.08. The Bertz CT molecular complexity index is 669. The number of benzene rings is 1. The highest BCUT2D eigenvalue weighted by Crippen LogP contribution is 2.33. The number of anilines is 2. The summed E-state index contributed by atoms with van der Waals surface area (Å²) in [5, 5.41) is 6.00. The van der Waals surface area contributed by atoms with Crippen molar-refractivity contribution in [2.45, 2.75) is 12.7 Å². The smallest absolute Gasteiger partial charge is 0.382 e. The Morgan fingerprint density at radius 1 is 1.38 bits per heavy atom. The average molecular weight is 319 g/mol. The second kappa shape index (κ2) is 5.65. The van der Waals surface area contributed by atoms with Crippen LogP contribution in [0.4, 0.5) is 24.7 Å². The van der Waals surface area contributed by atoms with Crippen molar-refractivity contribution in [1.29, 1.82) is 0 Å². The van der Waals surface area contributed by atoms with Crippen LogP contribution >= 0.6 is 11.6 Å². The van der Waals surface area contributed by atoms with E-state index in [2.05, 4.69) is 10.4 Å². The van der Waals surface area contributed by atoms with Gasteiger partial charge in [-0.25, -0.2) is 0 Å². The lowest BCUT2D eigenvalue weighted by Crippen LogP contribution is -2.19. The summed E-state index contributed by atoms with van der Waals surface area (Å²) in [6.07, 6.45) is -3.06. The molecule has 0 saturated carbocycles. The lowest BCUT2D eigenvalue weighted by atomic mass is 10.2. The molecule has 112 valence electrons. The third-order valence-corrected chi connectivity index (χ3v) is 2.69. The third kappa shape index (κ3) is 4.12. The van der Waals surface area contributed by atoms with Crippen molar-refractivity contribution >= 4 is 29.0 Å². The molecule has 0 radical (unpaired) electrons. The lowest BCUT2D eigenvalue weighted by Gasteiger charge is -2.11. The zero-order valence-electron chi connectivity index (χ0n) is 10.5. The second-order valence-electron chi connectivity index (χ2n) is 4.21. The summed E-state index contributed by atoms with van der Waals surface area (Å²) in [5.41, 5.74) is 4.41. The zero-order valence-corrected chi connectivity index (χ0v) is 11.2. The molecule has 0 bridgehead atoms. The minimum Gasteiger partial charge on any atom is -0.382 e. The Morgan fingerprint density at radius 2 is 2.10 bits per heavy atom. The summed E-state index contributed by atoms with van der Waals surface area (Å²) in [6.45, 7) is -0.176. The molecule has 0 aliphatic heterocycles. The fourth-order valence-electron chi connectivity index (χ4n) is 1.64. The van der Waals surface area contributed by atoms with Crippen LogP contribution in [0.2, 0.25) is 5.02 Å². The van der Waals surface area contributed by atoms with E-state index < -0.39 is 17.6 Å². The summed E-state index contributed by atoms with van der Waals surface area (Å²) in [7, 11) is 0. The van der Waals surface area contributed by atoms with E-state index >= 15 is 0 Å². The van der Waals surface area contributed by atoms with Gasteiger partial charge in [-0.05, 0) is 24.3 Å². The highest BCUT2D eigenvalue weighted by atomic mass is 35.5. The number of nitrogens with zero attached hydrogens (tertiary/aromatic N) is 2. The van der Waals surface area contributed by atoms with E-state index in [0.717, 1.165) is 12.1 Å². The number of amides is 1. The van der Waals surface area contributed by atoms with Crippen molar-refractivity contribution in [2.75, 3.05) is 11.1 Å². The monoisotopic (exact) mass is 318 g/mol. The Labute approximate surface area is 122 Å². The number of aromatic nitrogens is 2. The van der Waals surface area contributed by atoms with Crippen LogP contribution in [0.15, 0.2) is 30.5 Å². The van der Waals surface area contributed by atoms with E-state index in [9.17, 15) is 18.0 Å². The van der Waals surface area contributed by atoms with Crippen molar-refractivity contribution in [3.63, 3.8) is 0 Å².